The Balaban J connectivity index is 1.76. The third kappa shape index (κ3) is 4.19. The number of ketones is 2. The van der Waals surface area contributed by atoms with E-state index in [9.17, 15) is 34.8 Å². The van der Waals surface area contributed by atoms with Crippen LogP contribution >= 0.6 is 0 Å². The summed E-state index contributed by atoms with van der Waals surface area (Å²) in [6, 6.07) is 0. The number of carbonyl (C=O) groups is 3. The van der Waals surface area contributed by atoms with Crippen LogP contribution in [-0.2, 0) is 19.1 Å². The van der Waals surface area contributed by atoms with Crippen LogP contribution in [0.5, 0.6) is 0 Å². The number of hydrogen-bond donors (Lipinski definition) is 4. The lowest BCUT2D eigenvalue weighted by atomic mass is 9.38. The number of fused-ring (bicyclic) bond motifs is 5. The van der Waals surface area contributed by atoms with Crippen molar-refractivity contribution in [3.8, 4) is 0 Å². The van der Waals surface area contributed by atoms with Gasteiger partial charge in [-0.05, 0) is 81.3 Å². The molecule has 8 nitrogen and oxygen atoms in total. The molecule has 4 aliphatic carbocycles. The molecule has 0 aromatic heterocycles. The number of allylic oxidation sites excluding steroid dienone is 1. The lowest BCUT2D eigenvalue weighted by Gasteiger charge is -2.65. The van der Waals surface area contributed by atoms with Gasteiger partial charge in [0, 0.05) is 24.7 Å². The largest absolute Gasteiger partial charge is 0.456 e. The van der Waals surface area contributed by atoms with E-state index in [-0.39, 0.29) is 37.1 Å². The molecule has 0 aromatic rings. The Bertz CT molecular complexity index is 1150. The van der Waals surface area contributed by atoms with Gasteiger partial charge in [0.15, 0.2) is 5.78 Å². The Morgan fingerprint density at radius 3 is 2.30 bits per heavy atom. The molecule has 0 heterocycles. The number of aliphatic hydroxyl groups excluding tert-OH is 3. The zero-order valence-corrected chi connectivity index (χ0v) is 25.3. The highest BCUT2D eigenvalue weighted by molar-refractivity contribution is 5.97. The molecule has 0 bridgehead atoms. The first kappa shape index (κ1) is 31.1. The number of aliphatic hydroxyl groups is 4. The maximum atomic E-state index is 14.4. The Hall–Kier alpha value is -1.87. The summed E-state index contributed by atoms with van der Waals surface area (Å²) in [6.07, 6.45) is 5.10. The van der Waals surface area contributed by atoms with Gasteiger partial charge in [0.05, 0.1) is 24.2 Å². The van der Waals surface area contributed by atoms with Crippen molar-refractivity contribution in [1.29, 1.82) is 0 Å². The first-order valence-corrected chi connectivity index (χ1v) is 14.6. The van der Waals surface area contributed by atoms with Crippen LogP contribution in [0.2, 0.25) is 0 Å². The summed E-state index contributed by atoms with van der Waals surface area (Å²) in [5.41, 5.74) is -5.21. The van der Waals surface area contributed by atoms with Crippen molar-refractivity contribution in [2.75, 3.05) is 6.61 Å². The second kappa shape index (κ2) is 9.58. The van der Waals surface area contributed by atoms with Gasteiger partial charge in [0.1, 0.15) is 17.0 Å². The normalized spacial score (nSPS) is 42.4. The fraction of sp³-hybridized carbons (Fsp3) is 0.781. The number of carbonyl (C=O) groups excluding carboxylic acids is 3. The van der Waals surface area contributed by atoms with Crippen molar-refractivity contribution in [2.24, 2.45) is 39.4 Å². The third-order valence-electron chi connectivity index (χ3n) is 11.7. The number of hydrogen-bond acceptors (Lipinski definition) is 8. The SMILES string of the molecule is CC(=O)OC(C)(C)/C=C/C(=O)[C@@](C)(O)[C@H]1[C@@H](O)C[C@@]2(C)[C@@H]3CC=C4[C@H](CC[C@H](O)C4(C)C)[C@]3(CO)C(=O)C[C@]12C. The fourth-order valence-electron chi connectivity index (χ4n) is 9.56. The summed E-state index contributed by atoms with van der Waals surface area (Å²) in [5, 5.41) is 45.1. The summed E-state index contributed by atoms with van der Waals surface area (Å²) in [7, 11) is 0. The average molecular weight is 561 g/mol. The molecule has 0 aromatic carbocycles. The van der Waals surface area contributed by atoms with E-state index < -0.39 is 62.7 Å². The molecular formula is C32H48O8. The molecule has 0 aliphatic heterocycles. The predicted octanol–water partition coefficient (Wildman–Crippen LogP) is 3.29. The summed E-state index contributed by atoms with van der Waals surface area (Å²) < 4.78 is 5.23. The lowest BCUT2D eigenvalue weighted by Crippen LogP contribution is -2.66. The van der Waals surface area contributed by atoms with Crippen molar-refractivity contribution in [3.63, 3.8) is 0 Å². The van der Waals surface area contributed by atoms with Crippen LogP contribution < -0.4 is 0 Å². The number of Topliss-reactive ketones (excluding diaryl/α,β-unsaturated/α-hetero) is 1. The standard InChI is InChI=1S/C32H48O8/c1-18(34)40-27(2,3)14-13-24(37)31(8,39)26-21(35)15-29(6)22-11-9-19-20(10-12-23(36)28(19,4)5)32(22,17-33)25(38)16-30(26,29)7/h9,13-14,20-23,26,33,35-36,39H,10-12,15-17H2,1-8H3/b14-13+/t20-,21-,22-,23-,26-,29-,30+,31+,32-/m0/s1. The molecule has 0 unspecified atom stereocenters. The molecule has 0 amide bonds. The third-order valence-corrected chi connectivity index (χ3v) is 11.7. The van der Waals surface area contributed by atoms with Gasteiger partial charge in [0.2, 0.25) is 0 Å². The van der Waals surface area contributed by atoms with E-state index >= 15 is 0 Å². The second-order valence-electron chi connectivity index (χ2n) is 14.7. The van der Waals surface area contributed by atoms with Crippen LogP contribution in [0.3, 0.4) is 0 Å². The smallest absolute Gasteiger partial charge is 0.303 e. The quantitative estimate of drug-likeness (QED) is 0.220. The van der Waals surface area contributed by atoms with Gasteiger partial charge in [-0.1, -0.05) is 39.3 Å². The molecule has 4 aliphatic rings. The Morgan fingerprint density at radius 2 is 1.73 bits per heavy atom. The maximum absolute atomic E-state index is 14.4. The van der Waals surface area contributed by atoms with Crippen molar-refractivity contribution < 1.29 is 39.5 Å². The van der Waals surface area contributed by atoms with Crippen molar-refractivity contribution >= 4 is 17.5 Å². The zero-order valence-electron chi connectivity index (χ0n) is 25.3. The monoisotopic (exact) mass is 560 g/mol. The minimum atomic E-state index is -2.00. The predicted molar refractivity (Wildman–Crippen MR) is 149 cm³/mol. The highest BCUT2D eigenvalue weighted by atomic mass is 16.6. The first-order chi connectivity index (χ1) is 18.2. The van der Waals surface area contributed by atoms with E-state index in [0.717, 1.165) is 5.57 Å². The molecule has 224 valence electrons. The molecular weight excluding hydrogens is 512 g/mol. The minimum absolute atomic E-state index is 0.0150. The number of esters is 1. The van der Waals surface area contributed by atoms with E-state index in [1.165, 1.54) is 26.0 Å². The molecule has 0 radical (unpaired) electrons. The molecule has 0 spiro atoms. The highest BCUT2D eigenvalue weighted by Crippen LogP contribution is 2.74. The molecule has 3 fully saturated rings. The highest BCUT2D eigenvalue weighted by Gasteiger charge is 2.75. The van der Waals surface area contributed by atoms with Crippen molar-refractivity contribution in [1.82, 2.24) is 0 Å². The van der Waals surface area contributed by atoms with E-state index in [1.54, 1.807) is 13.8 Å². The molecule has 4 N–H and O–H groups in total. The van der Waals surface area contributed by atoms with E-state index in [2.05, 4.69) is 6.08 Å². The van der Waals surface area contributed by atoms with Gasteiger partial charge < -0.3 is 25.2 Å². The minimum Gasteiger partial charge on any atom is -0.456 e. The zero-order chi connectivity index (χ0) is 30.3. The van der Waals surface area contributed by atoms with Crippen molar-refractivity contribution in [2.45, 2.75) is 111 Å². The average Bonchev–Trinajstić information content (AvgIpc) is 3.03. The lowest BCUT2D eigenvalue weighted by molar-refractivity contribution is -0.191. The molecule has 8 heteroatoms. The molecule has 4 rings (SSSR count). The van der Waals surface area contributed by atoms with Gasteiger partial charge in [-0.25, -0.2) is 0 Å². The van der Waals surface area contributed by atoms with Gasteiger partial charge in [-0.15, -0.1) is 0 Å². The van der Waals surface area contributed by atoms with E-state index in [4.69, 9.17) is 4.74 Å². The molecule has 0 saturated heterocycles. The first-order valence-electron chi connectivity index (χ1n) is 14.6. The fourth-order valence-corrected chi connectivity index (χ4v) is 9.56. The summed E-state index contributed by atoms with van der Waals surface area (Å²) in [5.74, 6) is -2.70. The van der Waals surface area contributed by atoms with Crippen LogP contribution in [0.25, 0.3) is 0 Å². The van der Waals surface area contributed by atoms with Crippen molar-refractivity contribution in [3.05, 3.63) is 23.8 Å². The molecule has 40 heavy (non-hydrogen) atoms. The molecule has 9 atom stereocenters. The van der Waals surface area contributed by atoms with Crippen LogP contribution in [-0.4, -0.2) is 68.0 Å². The summed E-state index contributed by atoms with van der Waals surface area (Å²) >= 11 is 0. The van der Waals surface area contributed by atoms with E-state index in [0.29, 0.717) is 19.3 Å². The van der Waals surface area contributed by atoms with Crippen LogP contribution in [0.15, 0.2) is 23.8 Å². The van der Waals surface area contributed by atoms with Gasteiger partial charge in [0.25, 0.3) is 0 Å². The second-order valence-corrected chi connectivity index (χ2v) is 14.7. The van der Waals surface area contributed by atoms with Gasteiger partial charge in [-0.3, -0.25) is 14.4 Å². The summed E-state index contributed by atoms with van der Waals surface area (Å²) in [4.78, 5) is 39.3. The van der Waals surface area contributed by atoms with Crippen LogP contribution in [0.1, 0.15) is 87.5 Å². The van der Waals surface area contributed by atoms with E-state index in [1.807, 2.05) is 27.7 Å². The van der Waals surface area contributed by atoms with Gasteiger partial charge in [-0.2, -0.15) is 0 Å². The Labute approximate surface area is 237 Å². The maximum Gasteiger partial charge on any atom is 0.303 e. The molecule has 3 saturated carbocycles. The number of rotatable bonds is 6. The van der Waals surface area contributed by atoms with Crippen LogP contribution in [0.4, 0.5) is 0 Å². The van der Waals surface area contributed by atoms with Crippen LogP contribution in [0, 0.1) is 39.4 Å². The van der Waals surface area contributed by atoms with Gasteiger partial charge >= 0.3 is 5.97 Å². The number of ether oxygens (including phenoxy) is 1. The Morgan fingerprint density at radius 1 is 1.10 bits per heavy atom. The Kier molecular flexibility index (Phi) is 7.44. The topological polar surface area (TPSA) is 141 Å². The summed E-state index contributed by atoms with van der Waals surface area (Å²) in [6.45, 7) is 13.5.